The number of rotatable bonds is 6. The summed E-state index contributed by atoms with van der Waals surface area (Å²) >= 11 is 0. The summed E-state index contributed by atoms with van der Waals surface area (Å²) in [5.74, 6) is 0. The average molecular weight is 216 g/mol. The van der Waals surface area contributed by atoms with Crippen LogP contribution in [-0.4, -0.2) is 41.8 Å². The lowest BCUT2D eigenvalue weighted by Crippen LogP contribution is -2.54. The Bertz CT molecular complexity index is 157. The smallest absolute Gasteiger partial charge is 0.0558 e. The Hall–Kier alpha value is -0.120. The Balaban J connectivity index is 4.67. The van der Waals surface area contributed by atoms with Crippen molar-refractivity contribution in [1.29, 1.82) is 0 Å². The standard InChI is InChI=1S/C12H28N2O/c1-6-7-14(8-9-15)11(10(2)13)12(3,4)5/h10-11,15H,6-9,13H2,1-5H3. The molecule has 0 aliphatic carbocycles. The molecule has 2 unspecified atom stereocenters. The molecule has 15 heavy (non-hydrogen) atoms. The maximum Gasteiger partial charge on any atom is 0.0558 e. The van der Waals surface area contributed by atoms with Gasteiger partial charge in [-0.15, -0.1) is 0 Å². The highest BCUT2D eigenvalue weighted by molar-refractivity contribution is 4.89. The van der Waals surface area contributed by atoms with Gasteiger partial charge in [-0.25, -0.2) is 0 Å². The zero-order valence-electron chi connectivity index (χ0n) is 11.0. The molecule has 0 heterocycles. The summed E-state index contributed by atoms with van der Waals surface area (Å²) in [5.41, 5.74) is 6.21. The van der Waals surface area contributed by atoms with Gasteiger partial charge in [0, 0.05) is 18.6 Å². The first-order chi connectivity index (χ1) is 6.84. The summed E-state index contributed by atoms with van der Waals surface area (Å²) in [6, 6.07) is 0.452. The molecule has 0 saturated heterocycles. The van der Waals surface area contributed by atoms with E-state index in [-0.39, 0.29) is 18.1 Å². The van der Waals surface area contributed by atoms with Crippen LogP contribution >= 0.6 is 0 Å². The van der Waals surface area contributed by atoms with Crippen LogP contribution in [0.5, 0.6) is 0 Å². The molecule has 0 spiro atoms. The molecular weight excluding hydrogens is 188 g/mol. The second-order valence-electron chi connectivity index (χ2n) is 5.43. The SMILES string of the molecule is CCCN(CCO)C(C(C)N)C(C)(C)C. The fourth-order valence-electron chi connectivity index (χ4n) is 2.47. The summed E-state index contributed by atoms with van der Waals surface area (Å²) in [6.07, 6.45) is 1.10. The first-order valence-corrected chi connectivity index (χ1v) is 5.95. The third kappa shape index (κ3) is 4.96. The maximum atomic E-state index is 9.08. The minimum absolute atomic E-state index is 0.128. The molecule has 3 heteroatoms. The fraction of sp³-hybridized carbons (Fsp3) is 1.00. The van der Waals surface area contributed by atoms with E-state index in [0.29, 0.717) is 6.04 Å². The van der Waals surface area contributed by atoms with Crippen molar-refractivity contribution in [2.45, 2.75) is 53.1 Å². The molecule has 0 fully saturated rings. The number of aliphatic hydroxyl groups excluding tert-OH is 1. The molecule has 92 valence electrons. The van der Waals surface area contributed by atoms with Gasteiger partial charge in [0.25, 0.3) is 0 Å². The van der Waals surface area contributed by atoms with Gasteiger partial charge in [0.05, 0.1) is 6.61 Å². The average Bonchev–Trinajstić information content (AvgIpc) is 2.01. The first-order valence-electron chi connectivity index (χ1n) is 5.95. The van der Waals surface area contributed by atoms with Crippen molar-refractivity contribution < 1.29 is 5.11 Å². The van der Waals surface area contributed by atoms with E-state index in [1.54, 1.807) is 0 Å². The van der Waals surface area contributed by atoms with Crippen LogP contribution in [0.25, 0.3) is 0 Å². The quantitative estimate of drug-likeness (QED) is 0.706. The van der Waals surface area contributed by atoms with Crippen molar-refractivity contribution in [1.82, 2.24) is 4.90 Å². The number of nitrogens with zero attached hydrogens (tertiary/aromatic N) is 1. The largest absolute Gasteiger partial charge is 0.395 e. The van der Waals surface area contributed by atoms with Gasteiger partial charge < -0.3 is 10.8 Å². The van der Waals surface area contributed by atoms with Gasteiger partial charge in [-0.05, 0) is 25.3 Å². The van der Waals surface area contributed by atoms with Crippen molar-refractivity contribution in [2.75, 3.05) is 19.7 Å². The van der Waals surface area contributed by atoms with Crippen molar-refractivity contribution in [3.8, 4) is 0 Å². The highest BCUT2D eigenvalue weighted by atomic mass is 16.3. The predicted octanol–water partition coefficient (Wildman–Crippen LogP) is 1.45. The van der Waals surface area contributed by atoms with Crippen molar-refractivity contribution in [2.24, 2.45) is 11.1 Å². The summed E-state index contributed by atoms with van der Waals surface area (Å²) < 4.78 is 0. The fourth-order valence-corrected chi connectivity index (χ4v) is 2.47. The zero-order chi connectivity index (χ0) is 12.1. The predicted molar refractivity (Wildman–Crippen MR) is 65.8 cm³/mol. The molecule has 0 amide bonds. The van der Waals surface area contributed by atoms with Gasteiger partial charge in [-0.3, -0.25) is 4.90 Å². The van der Waals surface area contributed by atoms with E-state index in [0.717, 1.165) is 19.5 Å². The van der Waals surface area contributed by atoms with Crippen LogP contribution in [0.4, 0.5) is 0 Å². The van der Waals surface area contributed by atoms with Crippen molar-refractivity contribution in [3.05, 3.63) is 0 Å². The molecule has 0 saturated carbocycles. The van der Waals surface area contributed by atoms with E-state index >= 15 is 0 Å². The van der Waals surface area contributed by atoms with Crippen LogP contribution in [-0.2, 0) is 0 Å². The Morgan fingerprint density at radius 2 is 1.80 bits per heavy atom. The number of aliphatic hydroxyl groups is 1. The molecule has 0 radical (unpaired) electrons. The van der Waals surface area contributed by atoms with E-state index in [1.807, 2.05) is 0 Å². The topological polar surface area (TPSA) is 49.5 Å². The molecule has 0 aromatic heterocycles. The molecule has 0 bridgehead atoms. The summed E-state index contributed by atoms with van der Waals surface area (Å²) in [4.78, 5) is 2.31. The minimum Gasteiger partial charge on any atom is -0.395 e. The first kappa shape index (κ1) is 14.9. The summed E-state index contributed by atoms with van der Waals surface area (Å²) in [5, 5.41) is 9.08. The number of hydrogen-bond acceptors (Lipinski definition) is 3. The Kier molecular flexibility index (Phi) is 6.41. The van der Waals surface area contributed by atoms with Gasteiger partial charge in [-0.1, -0.05) is 27.7 Å². The van der Waals surface area contributed by atoms with Crippen LogP contribution in [0, 0.1) is 5.41 Å². The summed E-state index contributed by atoms with van der Waals surface area (Å²) in [6.45, 7) is 12.8. The second kappa shape index (κ2) is 6.46. The van der Waals surface area contributed by atoms with E-state index in [1.165, 1.54) is 0 Å². The lowest BCUT2D eigenvalue weighted by molar-refractivity contribution is 0.0652. The Morgan fingerprint density at radius 1 is 1.27 bits per heavy atom. The second-order valence-corrected chi connectivity index (χ2v) is 5.43. The molecule has 0 aromatic rings. The maximum absolute atomic E-state index is 9.08. The minimum atomic E-state index is 0.128. The molecule has 3 nitrogen and oxygen atoms in total. The molecule has 0 rings (SSSR count). The van der Waals surface area contributed by atoms with Crippen LogP contribution in [0.15, 0.2) is 0 Å². The van der Waals surface area contributed by atoms with Crippen LogP contribution in [0.2, 0.25) is 0 Å². The van der Waals surface area contributed by atoms with Gasteiger partial charge >= 0.3 is 0 Å². The van der Waals surface area contributed by atoms with E-state index in [2.05, 4.69) is 39.5 Å². The molecular formula is C12H28N2O. The number of hydrogen-bond donors (Lipinski definition) is 2. The van der Waals surface area contributed by atoms with Crippen molar-refractivity contribution in [3.63, 3.8) is 0 Å². The number of nitrogens with two attached hydrogens (primary N) is 1. The molecule has 0 aliphatic heterocycles. The third-order valence-electron chi connectivity index (χ3n) is 2.68. The third-order valence-corrected chi connectivity index (χ3v) is 2.68. The van der Waals surface area contributed by atoms with Gasteiger partial charge in [0.2, 0.25) is 0 Å². The van der Waals surface area contributed by atoms with Crippen LogP contribution in [0.1, 0.15) is 41.0 Å². The molecule has 0 aromatic carbocycles. The van der Waals surface area contributed by atoms with Crippen LogP contribution in [0.3, 0.4) is 0 Å². The highest BCUT2D eigenvalue weighted by Gasteiger charge is 2.32. The summed E-state index contributed by atoms with van der Waals surface area (Å²) in [7, 11) is 0. The highest BCUT2D eigenvalue weighted by Crippen LogP contribution is 2.26. The monoisotopic (exact) mass is 216 g/mol. The lowest BCUT2D eigenvalue weighted by atomic mass is 9.81. The Morgan fingerprint density at radius 3 is 2.07 bits per heavy atom. The lowest BCUT2D eigenvalue weighted by Gasteiger charge is -2.42. The van der Waals surface area contributed by atoms with Gasteiger partial charge in [-0.2, -0.15) is 0 Å². The Labute approximate surface area is 94.6 Å². The molecule has 2 atom stereocenters. The van der Waals surface area contributed by atoms with Gasteiger partial charge in [0.15, 0.2) is 0 Å². The van der Waals surface area contributed by atoms with E-state index < -0.39 is 0 Å². The van der Waals surface area contributed by atoms with Gasteiger partial charge in [0.1, 0.15) is 0 Å². The van der Waals surface area contributed by atoms with E-state index in [9.17, 15) is 0 Å². The zero-order valence-corrected chi connectivity index (χ0v) is 11.0. The van der Waals surface area contributed by atoms with Crippen LogP contribution < -0.4 is 5.73 Å². The van der Waals surface area contributed by atoms with E-state index in [4.69, 9.17) is 10.8 Å². The molecule has 3 N–H and O–H groups in total. The van der Waals surface area contributed by atoms with Crippen molar-refractivity contribution >= 4 is 0 Å². The molecule has 0 aliphatic rings. The normalized spacial score (nSPS) is 16.8.